The molecule has 3 rings (SSSR count). The smallest absolute Gasteiger partial charge is 0.191 e. The van der Waals surface area contributed by atoms with Crippen molar-refractivity contribution >= 4 is 40.7 Å². The minimum Gasteiger partial charge on any atom is -0.355 e. The molecule has 1 heterocycles. The van der Waals surface area contributed by atoms with E-state index in [4.69, 9.17) is 0 Å². The summed E-state index contributed by atoms with van der Waals surface area (Å²) >= 11 is 0. The molecule has 2 N–H and O–H groups in total. The van der Waals surface area contributed by atoms with Crippen molar-refractivity contribution in [2.24, 2.45) is 4.99 Å². The fraction of sp³-hybridized carbons (Fsp3) is 0.350. The van der Waals surface area contributed by atoms with Crippen LogP contribution in [0.5, 0.6) is 0 Å². The van der Waals surface area contributed by atoms with E-state index in [1.807, 2.05) is 0 Å². The molecule has 0 spiro atoms. The normalized spacial score (nSPS) is 12.5. The van der Waals surface area contributed by atoms with Crippen molar-refractivity contribution in [1.82, 2.24) is 25.4 Å². The number of aromatic nitrogens is 3. The van der Waals surface area contributed by atoms with Crippen molar-refractivity contribution in [3.05, 3.63) is 60.2 Å². The summed E-state index contributed by atoms with van der Waals surface area (Å²) in [6, 6.07) is 15.1. The van der Waals surface area contributed by atoms with Gasteiger partial charge in [0.1, 0.15) is 12.2 Å². The Kier molecular flexibility index (Phi) is 8.02. The lowest BCUT2D eigenvalue weighted by Crippen LogP contribution is -2.40. The van der Waals surface area contributed by atoms with Gasteiger partial charge in [-0.15, -0.1) is 34.2 Å². The third-order valence-electron chi connectivity index (χ3n) is 4.51. The van der Waals surface area contributed by atoms with E-state index in [0.717, 1.165) is 31.3 Å². The standard InChI is InChI=1S/C20H26N6.HI/c1-4-19-25-23-14-26(19)12-11-22-20(21-3)24-15(2)17-10-9-16-7-5-6-8-18(16)13-17;/h5-10,13-15H,4,11-12H2,1-3H3,(H2,21,22,24);1H. The number of aryl methyl sites for hydroxylation is 1. The molecule has 3 aromatic rings. The molecule has 0 saturated carbocycles. The van der Waals surface area contributed by atoms with E-state index >= 15 is 0 Å². The third-order valence-corrected chi connectivity index (χ3v) is 4.51. The van der Waals surface area contributed by atoms with E-state index in [1.54, 1.807) is 13.4 Å². The van der Waals surface area contributed by atoms with Crippen LogP contribution in [-0.2, 0) is 13.0 Å². The molecule has 0 fully saturated rings. The van der Waals surface area contributed by atoms with Crippen LogP contribution in [0.2, 0.25) is 0 Å². The monoisotopic (exact) mass is 478 g/mol. The van der Waals surface area contributed by atoms with Gasteiger partial charge in [-0.2, -0.15) is 0 Å². The molecule has 1 unspecified atom stereocenters. The molecule has 0 bridgehead atoms. The van der Waals surface area contributed by atoms with Gasteiger partial charge in [-0.1, -0.05) is 43.3 Å². The molecule has 0 aliphatic carbocycles. The summed E-state index contributed by atoms with van der Waals surface area (Å²) in [5, 5.41) is 17.4. The van der Waals surface area contributed by atoms with Gasteiger partial charge in [0.15, 0.2) is 5.96 Å². The molecule has 0 radical (unpaired) electrons. The van der Waals surface area contributed by atoms with Crippen LogP contribution in [0.3, 0.4) is 0 Å². The highest BCUT2D eigenvalue weighted by Crippen LogP contribution is 2.20. The Morgan fingerprint density at radius 3 is 2.70 bits per heavy atom. The quantitative estimate of drug-likeness (QED) is 0.323. The van der Waals surface area contributed by atoms with Crippen molar-refractivity contribution in [3.8, 4) is 0 Å². The molecule has 144 valence electrons. The number of guanidine groups is 1. The maximum atomic E-state index is 4.33. The lowest BCUT2D eigenvalue weighted by Gasteiger charge is -2.19. The number of nitrogens with one attached hydrogen (secondary N) is 2. The van der Waals surface area contributed by atoms with Crippen LogP contribution in [0.15, 0.2) is 53.8 Å². The van der Waals surface area contributed by atoms with Crippen LogP contribution in [0.25, 0.3) is 10.8 Å². The second kappa shape index (κ2) is 10.2. The Bertz CT molecular complexity index is 889. The first-order valence-electron chi connectivity index (χ1n) is 9.03. The van der Waals surface area contributed by atoms with Crippen molar-refractivity contribution in [3.63, 3.8) is 0 Å². The van der Waals surface area contributed by atoms with E-state index in [9.17, 15) is 0 Å². The fourth-order valence-corrected chi connectivity index (χ4v) is 2.99. The summed E-state index contributed by atoms with van der Waals surface area (Å²) in [6.07, 6.45) is 2.65. The van der Waals surface area contributed by atoms with Crippen LogP contribution in [-0.4, -0.2) is 34.3 Å². The van der Waals surface area contributed by atoms with Crippen LogP contribution in [0.1, 0.15) is 31.3 Å². The average molecular weight is 478 g/mol. The molecule has 7 heteroatoms. The van der Waals surface area contributed by atoms with E-state index in [0.29, 0.717) is 0 Å². The van der Waals surface area contributed by atoms with Gasteiger partial charge < -0.3 is 15.2 Å². The zero-order valence-electron chi connectivity index (χ0n) is 16.0. The predicted octanol–water partition coefficient (Wildman–Crippen LogP) is 3.54. The van der Waals surface area contributed by atoms with E-state index in [1.165, 1.54) is 16.3 Å². The van der Waals surface area contributed by atoms with E-state index < -0.39 is 0 Å². The summed E-state index contributed by atoms with van der Waals surface area (Å²) in [7, 11) is 1.79. The van der Waals surface area contributed by atoms with Crippen LogP contribution in [0.4, 0.5) is 0 Å². The molecule has 1 atom stereocenters. The van der Waals surface area contributed by atoms with Gasteiger partial charge in [0.2, 0.25) is 0 Å². The van der Waals surface area contributed by atoms with Crippen molar-refractivity contribution < 1.29 is 0 Å². The molecule has 2 aromatic carbocycles. The molecule has 27 heavy (non-hydrogen) atoms. The largest absolute Gasteiger partial charge is 0.355 e. The summed E-state index contributed by atoms with van der Waals surface area (Å²) in [6.45, 7) is 5.79. The van der Waals surface area contributed by atoms with Gasteiger partial charge in [0, 0.05) is 26.6 Å². The van der Waals surface area contributed by atoms with Gasteiger partial charge in [0.25, 0.3) is 0 Å². The number of hydrogen-bond donors (Lipinski definition) is 2. The second-order valence-corrected chi connectivity index (χ2v) is 6.27. The first kappa shape index (κ1) is 21.1. The minimum absolute atomic E-state index is 0. The maximum Gasteiger partial charge on any atom is 0.191 e. The molecule has 0 aliphatic rings. The van der Waals surface area contributed by atoms with Crippen molar-refractivity contribution in [1.29, 1.82) is 0 Å². The average Bonchev–Trinajstić information content (AvgIpc) is 3.14. The number of hydrogen-bond acceptors (Lipinski definition) is 3. The van der Waals surface area contributed by atoms with Crippen LogP contribution < -0.4 is 10.6 Å². The second-order valence-electron chi connectivity index (χ2n) is 6.27. The molecular weight excluding hydrogens is 451 g/mol. The lowest BCUT2D eigenvalue weighted by molar-refractivity contribution is 0.621. The number of nitrogens with zero attached hydrogens (tertiary/aromatic N) is 4. The summed E-state index contributed by atoms with van der Waals surface area (Å²) in [4.78, 5) is 4.33. The van der Waals surface area contributed by atoms with Crippen LogP contribution in [0, 0.1) is 0 Å². The van der Waals surface area contributed by atoms with Gasteiger partial charge >= 0.3 is 0 Å². The Balaban J connectivity index is 0.00000261. The summed E-state index contributed by atoms with van der Waals surface area (Å²) in [5.41, 5.74) is 1.23. The highest BCUT2D eigenvalue weighted by Gasteiger charge is 2.09. The van der Waals surface area contributed by atoms with Crippen LogP contribution >= 0.6 is 24.0 Å². The number of fused-ring (bicyclic) bond motifs is 1. The Hall–Kier alpha value is -2.16. The zero-order chi connectivity index (χ0) is 18.4. The Labute approximate surface area is 177 Å². The Morgan fingerprint density at radius 2 is 1.96 bits per heavy atom. The molecule has 0 amide bonds. The van der Waals surface area contributed by atoms with Gasteiger partial charge in [-0.05, 0) is 29.3 Å². The maximum absolute atomic E-state index is 4.33. The van der Waals surface area contributed by atoms with Crippen molar-refractivity contribution in [2.75, 3.05) is 13.6 Å². The minimum atomic E-state index is 0. The van der Waals surface area contributed by atoms with Gasteiger partial charge in [-0.25, -0.2) is 0 Å². The highest BCUT2D eigenvalue weighted by molar-refractivity contribution is 14.0. The fourth-order valence-electron chi connectivity index (χ4n) is 2.99. The topological polar surface area (TPSA) is 67.1 Å². The number of benzene rings is 2. The number of rotatable bonds is 6. The molecule has 0 saturated heterocycles. The highest BCUT2D eigenvalue weighted by atomic mass is 127. The number of aliphatic imine (C=N–C) groups is 1. The molecule has 0 aliphatic heterocycles. The number of halogens is 1. The van der Waals surface area contributed by atoms with E-state index in [2.05, 4.69) is 86.7 Å². The predicted molar refractivity (Wildman–Crippen MR) is 122 cm³/mol. The van der Waals surface area contributed by atoms with Gasteiger partial charge in [-0.3, -0.25) is 4.99 Å². The molecular formula is C20H27IN6. The SMILES string of the molecule is CCc1nncn1CCNC(=NC)NC(C)c1ccc2ccccc2c1.I. The first-order chi connectivity index (χ1) is 12.7. The van der Waals surface area contributed by atoms with Crippen molar-refractivity contribution in [2.45, 2.75) is 32.9 Å². The summed E-state index contributed by atoms with van der Waals surface area (Å²) in [5.74, 6) is 1.79. The zero-order valence-corrected chi connectivity index (χ0v) is 18.3. The van der Waals surface area contributed by atoms with Gasteiger partial charge in [0.05, 0.1) is 6.04 Å². The molecule has 6 nitrogen and oxygen atoms in total. The van der Waals surface area contributed by atoms with E-state index in [-0.39, 0.29) is 30.0 Å². The first-order valence-corrected chi connectivity index (χ1v) is 9.03. The summed E-state index contributed by atoms with van der Waals surface area (Å²) < 4.78 is 2.06. The molecule has 1 aromatic heterocycles. The Morgan fingerprint density at radius 1 is 1.19 bits per heavy atom. The lowest BCUT2D eigenvalue weighted by atomic mass is 10.0. The third kappa shape index (κ3) is 5.41.